The number of benzene rings is 2. The zero-order chi connectivity index (χ0) is 17.2. The number of carbonyl (C=O) groups excluding carboxylic acids is 1. The van der Waals surface area contributed by atoms with Crippen LogP contribution in [0.25, 0.3) is 10.1 Å². The first-order valence-corrected chi connectivity index (χ1v) is 9.27. The highest BCUT2D eigenvalue weighted by Crippen LogP contribution is 2.22. The SMILES string of the molecule is O=C(Nc1ccc(N2CCCCC2)cc1)n1sc2ccccc2c1=O. The lowest BCUT2D eigenvalue weighted by Crippen LogP contribution is -2.29. The lowest BCUT2D eigenvalue weighted by molar-refractivity contribution is 0.255. The van der Waals surface area contributed by atoms with Gasteiger partial charge in [0.25, 0.3) is 5.56 Å². The summed E-state index contributed by atoms with van der Waals surface area (Å²) < 4.78 is 1.98. The lowest BCUT2D eigenvalue weighted by atomic mass is 10.1. The number of amides is 1. The fourth-order valence-electron chi connectivity index (χ4n) is 3.19. The number of anilines is 2. The van der Waals surface area contributed by atoms with E-state index in [0.29, 0.717) is 11.1 Å². The summed E-state index contributed by atoms with van der Waals surface area (Å²) in [5, 5.41) is 3.38. The van der Waals surface area contributed by atoms with Crippen molar-refractivity contribution in [3.63, 3.8) is 0 Å². The van der Waals surface area contributed by atoms with Gasteiger partial charge in [-0.25, -0.2) is 4.79 Å². The van der Waals surface area contributed by atoms with E-state index in [1.807, 2.05) is 36.4 Å². The lowest BCUT2D eigenvalue weighted by Gasteiger charge is -2.28. The Balaban J connectivity index is 1.52. The molecule has 1 saturated heterocycles. The molecule has 0 saturated carbocycles. The predicted molar refractivity (Wildman–Crippen MR) is 103 cm³/mol. The van der Waals surface area contributed by atoms with E-state index in [1.165, 1.54) is 28.9 Å². The van der Waals surface area contributed by atoms with Crippen LogP contribution in [0.2, 0.25) is 0 Å². The summed E-state index contributed by atoms with van der Waals surface area (Å²) in [5.41, 5.74) is 1.59. The molecule has 1 aliphatic rings. The molecule has 4 rings (SSSR count). The van der Waals surface area contributed by atoms with Gasteiger partial charge in [0.15, 0.2) is 0 Å². The van der Waals surface area contributed by atoms with Crippen LogP contribution in [0.15, 0.2) is 53.3 Å². The summed E-state index contributed by atoms with van der Waals surface area (Å²) in [6.45, 7) is 2.17. The monoisotopic (exact) mass is 353 g/mol. The molecule has 5 nitrogen and oxygen atoms in total. The van der Waals surface area contributed by atoms with Crippen LogP contribution in [0.3, 0.4) is 0 Å². The van der Waals surface area contributed by atoms with E-state index in [1.54, 1.807) is 12.1 Å². The van der Waals surface area contributed by atoms with Crippen LogP contribution in [0.4, 0.5) is 16.2 Å². The number of piperidine rings is 1. The average molecular weight is 353 g/mol. The van der Waals surface area contributed by atoms with Crippen molar-refractivity contribution in [1.29, 1.82) is 0 Å². The van der Waals surface area contributed by atoms with Crippen molar-refractivity contribution >= 4 is 39.0 Å². The smallest absolute Gasteiger partial charge is 0.342 e. The molecule has 1 N–H and O–H groups in total. The summed E-state index contributed by atoms with van der Waals surface area (Å²) in [7, 11) is 0. The van der Waals surface area contributed by atoms with Gasteiger partial charge in [-0.05, 0) is 67.2 Å². The zero-order valence-electron chi connectivity index (χ0n) is 13.8. The number of hydrogen-bond donors (Lipinski definition) is 1. The van der Waals surface area contributed by atoms with Crippen molar-refractivity contribution in [3.8, 4) is 0 Å². The maximum Gasteiger partial charge on any atom is 0.342 e. The number of hydrogen-bond acceptors (Lipinski definition) is 4. The highest BCUT2D eigenvalue weighted by Gasteiger charge is 2.14. The van der Waals surface area contributed by atoms with Gasteiger partial charge in [0.2, 0.25) is 0 Å². The van der Waals surface area contributed by atoms with E-state index in [9.17, 15) is 9.59 Å². The van der Waals surface area contributed by atoms with Crippen molar-refractivity contribution in [2.24, 2.45) is 0 Å². The zero-order valence-corrected chi connectivity index (χ0v) is 14.6. The van der Waals surface area contributed by atoms with Gasteiger partial charge in [0, 0.05) is 24.5 Å². The number of carbonyl (C=O) groups is 1. The van der Waals surface area contributed by atoms with Crippen LogP contribution in [-0.2, 0) is 0 Å². The largest absolute Gasteiger partial charge is 0.372 e. The summed E-state index contributed by atoms with van der Waals surface area (Å²) in [5.74, 6) is 0. The summed E-state index contributed by atoms with van der Waals surface area (Å²) in [6.07, 6.45) is 3.76. The number of nitrogens with one attached hydrogen (secondary N) is 1. The van der Waals surface area contributed by atoms with E-state index < -0.39 is 6.03 Å². The average Bonchev–Trinajstić information content (AvgIpc) is 3.00. The molecular weight excluding hydrogens is 334 g/mol. The quantitative estimate of drug-likeness (QED) is 0.753. The summed E-state index contributed by atoms with van der Waals surface area (Å²) in [4.78, 5) is 27.1. The standard InChI is InChI=1S/C19H19N3O2S/c23-18-16-6-2-3-7-17(16)25-22(18)19(24)20-14-8-10-15(11-9-14)21-12-4-1-5-13-21/h2-3,6-11H,1,4-5,12-13H2,(H,20,24). The first-order chi connectivity index (χ1) is 12.2. The molecule has 0 atom stereocenters. The third-order valence-electron chi connectivity index (χ3n) is 4.52. The van der Waals surface area contributed by atoms with E-state index in [4.69, 9.17) is 0 Å². The molecule has 1 amide bonds. The first kappa shape index (κ1) is 15.9. The van der Waals surface area contributed by atoms with Crippen LogP contribution in [0.1, 0.15) is 19.3 Å². The molecular formula is C19H19N3O2S. The minimum atomic E-state index is -0.420. The molecule has 0 aliphatic carbocycles. The van der Waals surface area contributed by atoms with Crippen LogP contribution >= 0.6 is 11.5 Å². The Bertz CT molecular complexity index is 953. The third-order valence-corrected chi connectivity index (χ3v) is 5.58. The molecule has 2 heterocycles. The first-order valence-electron chi connectivity index (χ1n) is 8.50. The summed E-state index contributed by atoms with van der Waals surface area (Å²) >= 11 is 1.16. The molecule has 25 heavy (non-hydrogen) atoms. The van der Waals surface area contributed by atoms with Crippen LogP contribution in [-0.4, -0.2) is 23.1 Å². The minimum absolute atomic E-state index is 0.275. The summed E-state index contributed by atoms with van der Waals surface area (Å²) in [6, 6.07) is 14.7. The minimum Gasteiger partial charge on any atom is -0.372 e. The molecule has 1 fully saturated rings. The Morgan fingerprint density at radius 1 is 0.960 bits per heavy atom. The second-order valence-electron chi connectivity index (χ2n) is 6.21. The molecule has 6 heteroatoms. The Kier molecular flexibility index (Phi) is 4.28. The van der Waals surface area contributed by atoms with Gasteiger partial charge in [-0.1, -0.05) is 12.1 Å². The molecule has 0 bridgehead atoms. The Morgan fingerprint density at radius 2 is 1.68 bits per heavy atom. The fraction of sp³-hybridized carbons (Fsp3) is 0.263. The maximum absolute atomic E-state index is 12.4. The van der Waals surface area contributed by atoms with E-state index in [2.05, 4.69) is 10.2 Å². The van der Waals surface area contributed by atoms with Crippen LogP contribution in [0, 0.1) is 0 Å². The van der Waals surface area contributed by atoms with Crippen molar-refractivity contribution in [3.05, 3.63) is 58.9 Å². The van der Waals surface area contributed by atoms with Gasteiger partial charge in [-0.3, -0.25) is 4.79 Å². The third kappa shape index (κ3) is 3.17. The molecule has 0 spiro atoms. The topological polar surface area (TPSA) is 54.3 Å². The van der Waals surface area contributed by atoms with Gasteiger partial charge in [-0.15, -0.1) is 0 Å². The molecule has 1 aliphatic heterocycles. The Hall–Kier alpha value is -2.60. The second kappa shape index (κ2) is 6.72. The van der Waals surface area contributed by atoms with Crippen molar-refractivity contribution in [1.82, 2.24) is 3.96 Å². The molecule has 2 aromatic carbocycles. The van der Waals surface area contributed by atoms with Crippen LogP contribution in [0.5, 0.6) is 0 Å². The molecule has 1 aromatic heterocycles. The normalized spacial score (nSPS) is 14.6. The molecule has 3 aromatic rings. The van der Waals surface area contributed by atoms with Gasteiger partial charge in [0.1, 0.15) is 0 Å². The molecule has 0 unspecified atom stereocenters. The van der Waals surface area contributed by atoms with Gasteiger partial charge >= 0.3 is 6.03 Å². The highest BCUT2D eigenvalue weighted by atomic mass is 32.1. The molecule has 0 radical (unpaired) electrons. The maximum atomic E-state index is 12.4. The van der Waals surface area contributed by atoms with E-state index in [0.717, 1.165) is 29.3 Å². The fourth-order valence-corrected chi connectivity index (χ4v) is 4.09. The van der Waals surface area contributed by atoms with Gasteiger partial charge in [-0.2, -0.15) is 3.96 Å². The Morgan fingerprint density at radius 3 is 2.40 bits per heavy atom. The Labute approximate surface area is 149 Å². The number of aromatic nitrogens is 1. The van der Waals surface area contributed by atoms with Crippen LogP contribution < -0.4 is 15.8 Å². The number of rotatable bonds is 2. The van der Waals surface area contributed by atoms with E-state index >= 15 is 0 Å². The van der Waals surface area contributed by atoms with Gasteiger partial charge < -0.3 is 10.2 Å². The van der Waals surface area contributed by atoms with Crippen molar-refractivity contribution in [2.45, 2.75) is 19.3 Å². The van der Waals surface area contributed by atoms with E-state index in [-0.39, 0.29) is 5.56 Å². The van der Waals surface area contributed by atoms with Crippen molar-refractivity contribution < 1.29 is 4.79 Å². The second-order valence-corrected chi connectivity index (χ2v) is 7.20. The highest BCUT2D eigenvalue weighted by molar-refractivity contribution is 7.14. The molecule has 128 valence electrons. The van der Waals surface area contributed by atoms with Crippen molar-refractivity contribution in [2.75, 3.05) is 23.3 Å². The number of nitrogens with zero attached hydrogens (tertiary/aromatic N) is 2. The number of fused-ring (bicyclic) bond motifs is 1. The predicted octanol–water partition coefficient (Wildman–Crippen LogP) is 4.13. The van der Waals surface area contributed by atoms with Gasteiger partial charge in [0.05, 0.1) is 10.1 Å².